The molecule has 0 spiro atoms. The Hall–Kier alpha value is -3.03. The zero-order chi connectivity index (χ0) is 20.9. The molecule has 0 radical (unpaired) electrons. The second-order valence-electron chi connectivity index (χ2n) is 7.05. The van der Waals surface area contributed by atoms with Gasteiger partial charge in [-0.15, -0.1) is 11.3 Å². The zero-order valence-electron chi connectivity index (χ0n) is 16.1. The van der Waals surface area contributed by atoms with Crippen molar-refractivity contribution in [3.63, 3.8) is 0 Å². The van der Waals surface area contributed by atoms with Gasteiger partial charge in [0.25, 0.3) is 11.8 Å². The maximum Gasteiger partial charge on any atom is 0.253 e. The summed E-state index contributed by atoms with van der Waals surface area (Å²) >= 11 is 1.51. The summed E-state index contributed by atoms with van der Waals surface area (Å²) in [6, 6.07) is 16.3. The maximum absolute atomic E-state index is 13.4. The van der Waals surface area contributed by atoms with Crippen molar-refractivity contribution < 1.29 is 18.7 Å². The van der Waals surface area contributed by atoms with Crippen LogP contribution in [0.25, 0.3) is 0 Å². The van der Waals surface area contributed by atoms with E-state index in [1.165, 1.54) is 23.5 Å². The number of hydrogen-bond donors (Lipinski definition) is 2. The zero-order valence-corrected chi connectivity index (χ0v) is 17.0. The van der Waals surface area contributed by atoms with Gasteiger partial charge in [-0.05, 0) is 60.2 Å². The third-order valence-electron chi connectivity index (χ3n) is 4.92. The van der Waals surface area contributed by atoms with Crippen LogP contribution in [0.2, 0.25) is 0 Å². The standard InChI is InChI=1S/C23H21FN2O3S/c24-17-10-8-15(9-11-17)21(20-7-3-13-30-20)26-22(27)16-4-1-5-18(14-16)25-23(28)19-6-2-12-29-19/h1,3-5,7-11,13-14,19,21H,2,6,12H2,(H,25,28)(H,26,27)/t19-,21-/m1/s1. The number of amides is 2. The van der Waals surface area contributed by atoms with Crippen LogP contribution in [-0.2, 0) is 9.53 Å². The molecular weight excluding hydrogens is 403 g/mol. The average Bonchev–Trinajstić information content (AvgIpc) is 3.47. The normalized spacial score (nSPS) is 16.8. The molecule has 154 valence electrons. The number of carbonyl (C=O) groups is 2. The molecule has 7 heteroatoms. The molecule has 3 aromatic rings. The maximum atomic E-state index is 13.4. The highest BCUT2D eigenvalue weighted by molar-refractivity contribution is 7.10. The molecule has 5 nitrogen and oxygen atoms in total. The summed E-state index contributed by atoms with van der Waals surface area (Å²) in [6.07, 6.45) is 1.13. The van der Waals surface area contributed by atoms with Crippen molar-refractivity contribution in [3.8, 4) is 0 Å². The number of hydrogen-bond acceptors (Lipinski definition) is 4. The number of rotatable bonds is 6. The largest absolute Gasteiger partial charge is 0.368 e. The Labute approximate surface area is 177 Å². The number of ether oxygens (including phenoxy) is 1. The molecule has 2 heterocycles. The predicted octanol–water partition coefficient (Wildman–Crippen LogP) is 4.52. The fourth-order valence-corrected chi connectivity index (χ4v) is 4.19. The summed E-state index contributed by atoms with van der Waals surface area (Å²) in [5, 5.41) is 7.76. The van der Waals surface area contributed by atoms with Gasteiger partial charge < -0.3 is 15.4 Å². The molecule has 2 N–H and O–H groups in total. The van der Waals surface area contributed by atoms with Crippen molar-refractivity contribution in [2.24, 2.45) is 0 Å². The lowest BCUT2D eigenvalue weighted by atomic mass is 10.0. The van der Waals surface area contributed by atoms with Crippen LogP contribution in [0.1, 0.15) is 39.7 Å². The molecule has 0 aliphatic carbocycles. The second-order valence-corrected chi connectivity index (χ2v) is 8.02. The van der Waals surface area contributed by atoms with Crippen LogP contribution in [-0.4, -0.2) is 24.5 Å². The van der Waals surface area contributed by atoms with E-state index in [-0.39, 0.29) is 17.6 Å². The van der Waals surface area contributed by atoms with Gasteiger partial charge in [-0.2, -0.15) is 0 Å². The van der Waals surface area contributed by atoms with Gasteiger partial charge in [-0.1, -0.05) is 24.3 Å². The van der Waals surface area contributed by atoms with E-state index in [1.54, 1.807) is 36.4 Å². The molecule has 0 saturated carbocycles. The SMILES string of the molecule is O=C(N[C@H](c1ccc(F)cc1)c1cccs1)c1cccc(NC(=O)[C@H]2CCCO2)c1. The first-order chi connectivity index (χ1) is 14.6. The van der Waals surface area contributed by atoms with E-state index in [4.69, 9.17) is 4.74 Å². The first-order valence-electron chi connectivity index (χ1n) is 9.72. The summed E-state index contributed by atoms with van der Waals surface area (Å²) in [4.78, 5) is 26.2. The number of nitrogens with one attached hydrogen (secondary N) is 2. The molecule has 30 heavy (non-hydrogen) atoms. The number of halogens is 1. The minimum absolute atomic E-state index is 0.201. The van der Waals surface area contributed by atoms with E-state index in [0.29, 0.717) is 24.3 Å². The number of benzene rings is 2. The highest BCUT2D eigenvalue weighted by atomic mass is 32.1. The molecule has 0 unspecified atom stereocenters. The first-order valence-corrected chi connectivity index (χ1v) is 10.6. The Kier molecular flexibility index (Phi) is 6.21. The lowest BCUT2D eigenvalue weighted by Crippen LogP contribution is -2.29. The van der Waals surface area contributed by atoms with E-state index in [0.717, 1.165) is 16.9 Å². The molecular formula is C23H21FN2O3S. The minimum atomic E-state index is -0.441. The Morgan fingerprint density at radius 3 is 2.63 bits per heavy atom. The van der Waals surface area contributed by atoms with Crippen LogP contribution in [0.4, 0.5) is 10.1 Å². The van der Waals surface area contributed by atoms with Crippen LogP contribution in [0, 0.1) is 5.82 Å². The predicted molar refractivity (Wildman–Crippen MR) is 114 cm³/mol. The fraction of sp³-hybridized carbons (Fsp3) is 0.217. The van der Waals surface area contributed by atoms with E-state index in [9.17, 15) is 14.0 Å². The summed E-state index contributed by atoms with van der Waals surface area (Å²) in [5.41, 5.74) is 1.75. The second kappa shape index (κ2) is 9.19. The van der Waals surface area contributed by atoms with Crippen molar-refractivity contribution in [1.82, 2.24) is 5.32 Å². The van der Waals surface area contributed by atoms with E-state index in [1.807, 2.05) is 17.5 Å². The lowest BCUT2D eigenvalue weighted by molar-refractivity contribution is -0.124. The molecule has 4 rings (SSSR count). The van der Waals surface area contributed by atoms with Gasteiger partial charge in [0, 0.05) is 22.7 Å². The molecule has 1 fully saturated rings. The van der Waals surface area contributed by atoms with Crippen molar-refractivity contribution >= 4 is 28.8 Å². The summed E-state index contributed by atoms with van der Waals surface area (Å²) in [5.74, 6) is -0.816. The third kappa shape index (κ3) is 4.75. The van der Waals surface area contributed by atoms with Crippen LogP contribution < -0.4 is 10.6 Å². The van der Waals surface area contributed by atoms with Gasteiger partial charge in [0.05, 0.1) is 6.04 Å². The smallest absolute Gasteiger partial charge is 0.253 e. The van der Waals surface area contributed by atoms with Gasteiger partial charge in [0.1, 0.15) is 11.9 Å². The third-order valence-corrected chi connectivity index (χ3v) is 5.86. The number of anilines is 1. The van der Waals surface area contributed by atoms with Crippen LogP contribution in [0.3, 0.4) is 0 Å². The Morgan fingerprint density at radius 2 is 1.93 bits per heavy atom. The number of thiophene rings is 1. The van der Waals surface area contributed by atoms with Crippen molar-refractivity contribution in [2.45, 2.75) is 25.0 Å². The van der Waals surface area contributed by atoms with E-state index in [2.05, 4.69) is 10.6 Å². The highest BCUT2D eigenvalue weighted by Crippen LogP contribution is 2.27. The molecule has 1 aliphatic heterocycles. The molecule has 2 atom stereocenters. The topological polar surface area (TPSA) is 67.4 Å². The Morgan fingerprint density at radius 1 is 1.10 bits per heavy atom. The lowest BCUT2D eigenvalue weighted by Gasteiger charge is -2.18. The summed E-state index contributed by atoms with van der Waals surface area (Å²) in [6.45, 7) is 0.591. The van der Waals surface area contributed by atoms with Crippen LogP contribution in [0.15, 0.2) is 66.0 Å². The average molecular weight is 424 g/mol. The molecule has 1 aromatic heterocycles. The van der Waals surface area contributed by atoms with Gasteiger partial charge in [0.15, 0.2) is 0 Å². The number of carbonyl (C=O) groups excluding carboxylic acids is 2. The quantitative estimate of drug-likeness (QED) is 0.611. The highest BCUT2D eigenvalue weighted by Gasteiger charge is 2.24. The Balaban J connectivity index is 1.51. The van der Waals surface area contributed by atoms with Gasteiger partial charge in [-0.25, -0.2) is 4.39 Å². The van der Waals surface area contributed by atoms with E-state index < -0.39 is 12.1 Å². The summed E-state index contributed by atoms with van der Waals surface area (Å²) < 4.78 is 18.8. The van der Waals surface area contributed by atoms with Crippen molar-refractivity contribution in [1.29, 1.82) is 0 Å². The van der Waals surface area contributed by atoms with Crippen molar-refractivity contribution in [2.75, 3.05) is 11.9 Å². The molecule has 1 aliphatic rings. The van der Waals surface area contributed by atoms with Gasteiger partial charge in [0.2, 0.25) is 0 Å². The fourth-order valence-electron chi connectivity index (χ4n) is 3.39. The van der Waals surface area contributed by atoms with Crippen molar-refractivity contribution in [3.05, 3.63) is 87.9 Å². The molecule has 2 amide bonds. The van der Waals surface area contributed by atoms with Gasteiger partial charge in [-0.3, -0.25) is 9.59 Å². The van der Waals surface area contributed by atoms with E-state index >= 15 is 0 Å². The molecule has 0 bridgehead atoms. The Bertz CT molecular complexity index is 1020. The first kappa shape index (κ1) is 20.3. The summed E-state index contributed by atoms with van der Waals surface area (Å²) in [7, 11) is 0. The minimum Gasteiger partial charge on any atom is -0.368 e. The molecule has 1 saturated heterocycles. The monoisotopic (exact) mass is 424 g/mol. The van der Waals surface area contributed by atoms with Gasteiger partial charge >= 0.3 is 0 Å². The van der Waals surface area contributed by atoms with Crippen LogP contribution in [0.5, 0.6) is 0 Å². The molecule has 2 aromatic carbocycles. The van der Waals surface area contributed by atoms with Crippen LogP contribution >= 0.6 is 11.3 Å².